The molecular weight excluding hydrogens is 258 g/mol. The maximum absolute atomic E-state index is 12.4. The van der Waals surface area contributed by atoms with Crippen molar-refractivity contribution in [2.45, 2.75) is 13.1 Å². The molecule has 0 bridgehead atoms. The maximum Gasteiger partial charge on any atom is 0.334 e. The molecule has 0 radical (unpaired) electrons. The predicted octanol–water partition coefficient (Wildman–Crippen LogP) is 1.77. The molecule has 1 aromatic carbocycles. The molecule has 20 heavy (non-hydrogen) atoms. The van der Waals surface area contributed by atoms with Crippen molar-refractivity contribution in [3.05, 3.63) is 29.8 Å². The molecule has 2 aliphatic rings. The largest absolute Gasteiger partial charge is 0.334 e. The quantitative estimate of drug-likeness (QED) is 0.723. The molecule has 104 valence electrons. The smallest absolute Gasteiger partial charge is 0.306 e. The first-order chi connectivity index (χ1) is 9.45. The van der Waals surface area contributed by atoms with E-state index in [1.807, 2.05) is 0 Å². The van der Waals surface area contributed by atoms with Crippen LogP contribution in [0.1, 0.15) is 17.3 Å². The van der Waals surface area contributed by atoms with Crippen LogP contribution in [-0.2, 0) is 0 Å². The number of hydrogen-bond donors (Lipinski definition) is 0. The van der Waals surface area contributed by atoms with Gasteiger partial charge in [0.1, 0.15) is 6.17 Å². The van der Waals surface area contributed by atoms with Gasteiger partial charge in [0.15, 0.2) is 5.78 Å². The molecule has 0 spiro atoms. The minimum atomic E-state index is -0.561. The van der Waals surface area contributed by atoms with Crippen LogP contribution in [0.5, 0.6) is 0 Å². The Morgan fingerprint density at radius 1 is 1.00 bits per heavy atom. The van der Waals surface area contributed by atoms with Gasteiger partial charge in [-0.3, -0.25) is 9.69 Å². The summed E-state index contributed by atoms with van der Waals surface area (Å²) in [6, 6.07) is 6.22. The van der Waals surface area contributed by atoms with E-state index < -0.39 is 24.1 Å². The summed E-state index contributed by atoms with van der Waals surface area (Å²) in [5.74, 6) is -0.490. The second kappa shape index (κ2) is 4.06. The van der Waals surface area contributed by atoms with Crippen LogP contribution in [0.4, 0.5) is 15.3 Å². The lowest BCUT2D eigenvalue weighted by atomic mass is 9.88. The molecule has 0 saturated carbocycles. The van der Waals surface area contributed by atoms with E-state index in [2.05, 4.69) is 0 Å². The van der Waals surface area contributed by atoms with Gasteiger partial charge in [-0.1, -0.05) is 19.1 Å². The fourth-order valence-corrected chi connectivity index (χ4v) is 2.96. The summed E-state index contributed by atoms with van der Waals surface area (Å²) in [7, 11) is 3.06. The van der Waals surface area contributed by atoms with Crippen molar-refractivity contribution >= 4 is 23.5 Å². The number of ketones is 1. The van der Waals surface area contributed by atoms with Crippen LogP contribution in [0.25, 0.3) is 0 Å². The van der Waals surface area contributed by atoms with Gasteiger partial charge < -0.3 is 4.90 Å². The number of hydrogen-bond acceptors (Lipinski definition) is 3. The summed E-state index contributed by atoms with van der Waals surface area (Å²) >= 11 is 0. The van der Waals surface area contributed by atoms with Gasteiger partial charge in [-0.2, -0.15) is 0 Å². The first kappa shape index (κ1) is 12.7. The van der Waals surface area contributed by atoms with Crippen LogP contribution in [0, 0.1) is 5.92 Å². The molecule has 2 aliphatic heterocycles. The van der Waals surface area contributed by atoms with Gasteiger partial charge in [0.25, 0.3) is 0 Å². The van der Waals surface area contributed by atoms with E-state index in [0.29, 0.717) is 11.3 Å². The Morgan fingerprint density at radius 3 is 2.35 bits per heavy atom. The molecule has 0 N–H and O–H groups in total. The van der Waals surface area contributed by atoms with Crippen molar-refractivity contribution in [1.29, 1.82) is 0 Å². The molecule has 6 nitrogen and oxygen atoms in total. The second-order valence-electron chi connectivity index (χ2n) is 5.19. The zero-order valence-electron chi connectivity index (χ0n) is 11.5. The topological polar surface area (TPSA) is 60.9 Å². The summed E-state index contributed by atoms with van der Waals surface area (Å²) in [5.41, 5.74) is 1.09. The van der Waals surface area contributed by atoms with Gasteiger partial charge in [0.2, 0.25) is 0 Å². The van der Waals surface area contributed by atoms with Crippen molar-refractivity contribution in [1.82, 2.24) is 9.80 Å². The molecule has 2 heterocycles. The zero-order valence-corrected chi connectivity index (χ0v) is 11.5. The van der Waals surface area contributed by atoms with Crippen molar-refractivity contribution in [2.75, 3.05) is 19.0 Å². The number of amides is 4. The van der Waals surface area contributed by atoms with Gasteiger partial charge in [0, 0.05) is 19.7 Å². The number of imide groups is 1. The molecule has 2 atom stereocenters. The minimum absolute atomic E-state index is 0.0427. The molecule has 0 aromatic heterocycles. The van der Waals surface area contributed by atoms with Crippen molar-refractivity contribution in [3.63, 3.8) is 0 Å². The highest BCUT2D eigenvalue weighted by atomic mass is 16.2. The number of carbonyl (C=O) groups is 3. The van der Waals surface area contributed by atoms with Crippen LogP contribution in [0.15, 0.2) is 24.3 Å². The second-order valence-corrected chi connectivity index (χ2v) is 5.19. The molecule has 1 aromatic rings. The molecule has 3 rings (SSSR count). The minimum Gasteiger partial charge on any atom is -0.306 e. The van der Waals surface area contributed by atoms with Crippen LogP contribution >= 0.6 is 0 Å². The van der Waals surface area contributed by atoms with Crippen LogP contribution < -0.4 is 4.90 Å². The van der Waals surface area contributed by atoms with Gasteiger partial charge in [0.05, 0.1) is 11.6 Å². The van der Waals surface area contributed by atoms with Crippen molar-refractivity contribution < 1.29 is 14.4 Å². The lowest BCUT2D eigenvalue weighted by Crippen LogP contribution is -2.68. The predicted molar refractivity (Wildman–Crippen MR) is 72.5 cm³/mol. The maximum atomic E-state index is 12.4. The van der Waals surface area contributed by atoms with E-state index in [1.54, 1.807) is 38.2 Å². The highest BCUT2D eigenvalue weighted by molar-refractivity contribution is 6.14. The fraction of sp³-hybridized carbons (Fsp3) is 0.357. The normalized spacial score (nSPS) is 25.8. The van der Waals surface area contributed by atoms with Crippen molar-refractivity contribution in [3.8, 4) is 0 Å². The highest BCUT2D eigenvalue weighted by Crippen LogP contribution is 2.37. The number of para-hydroxylation sites is 1. The number of nitrogens with zero attached hydrogens (tertiary/aromatic N) is 3. The Labute approximate surface area is 116 Å². The van der Waals surface area contributed by atoms with Crippen LogP contribution in [-0.4, -0.2) is 47.9 Å². The third kappa shape index (κ3) is 1.41. The fourth-order valence-electron chi connectivity index (χ4n) is 2.96. The number of carbonyl (C=O) groups excluding carboxylic acids is 3. The number of rotatable bonds is 0. The Bertz CT molecular complexity index is 628. The Hall–Kier alpha value is -2.37. The van der Waals surface area contributed by atoms with E-state index >= 15 is 0 Å². The van der Waals surface area contributed by atoms with Crippen LogP contribution in [0.2, 0.25) is 0 Å². The number of anilines is 1. The molecule has 6 heteroatoms. The Balaban J connectivity index is 2.21. The van der Waals surface area contributed by atoms with E-state index in [1.165, 1.54) is 16.8 Å². The third-order valence-corrected chi connectivity index (χ3v) is 4.03. The SMILES string of the molecule is C[C@H]1C(=O)c2ccccc2N2C(=O)N(C)C(=O)N(C)[C@H]12. The first-order valence-electron chi connectivity index (χ1n) is 6.42. The average Bonchev–Trinajstić information content (AvgIpc) is 2.46. The van der Waals surface area contributed by atoms with E-state index in [-0.39, 0.29) is 5.78 Å². The van der Waals surface area contributed by atoms with Gasteiger partial charge in [-0.15, -0.1) is 0 Å². The monoisotopic (exact) mass is 273 g/mol. The van der Waals surface area contributed by atoms with Gasteiger partial charge in [-0.25, -0.2) is 14.5 Å². The number of urea groups is 2. The van der Waals surface area contributed by atoms with E-state index in [0.717, 1.165) is 4.90 Å². The average molecular weight is 273 g/mol. The molecule has 1 fully saturated rings. The number of Topliss-reactive ketones (excluding diaryl/α,β-unsaturated/α-hetero) is 1. The summed E-state index contributed by atoms with van der Waals surface area (Å²) in [6.45, 7) is 1.75. The number of benzene rings is 1. The van der Waals surface area contributed by atoms with Crippen molar-refractivity contribution in [2.24, 2.45) is 5.92 Å². The summed E-state index contributed by atoms with van der Waals surface area (Å²) in [4.78, 5) is 40.9. The van der Waals surface area contributed by atoms with Gasteiger partial charge in [-0.05, 0) is 12.1 Å². The van der Waals surface area contributed by atoms with Gasteiger partial charge >= 0.3 is 12.1 Å². The molecule has 0 aliphatic carbocycles. The molecule has 4 amide bonds. The molecular formula is C14H15N3O3. The first-order valence-corrected chi connectivity index (χ1v) is 6.42. The number of fused-ring (bicyclic) bond motifs is 3. The molecule has 1 saturated heterocycles. The lowest BCUT2D eigenvalue weighted by Gasteiger charge is -2.49. The lowest BCUT2D eigenvalue weighted by molar-refractivity contribution is 0.0783. The standard InChI is InChI=1S/C14H15N3O3/c1-8-11(18)9-6-4-5-7-10(9)17-12(8)15(2)13(19)16(3)14(17)20/h4-8,12H,1-3H3/t8-,12-/m0/s1. The molecule has 0 unspecified atom stereocenters. The van der Waals surface area contributed by atoms with E-state index in [4.69, 9.17) is 0 Å². The summed E-state index contributed by atoms with van der Waals surface area (Å²) in [6.07, 6.45) is -0.561. The van der Waals surface area contributed by atoms with E-state index in [9.17, 15) is 14.4 Å². The van der Waals surface area contributed by atoms with Crippen LogP contribution in [0.3, 0.4) is 0 Å². The highest BCUT2D eigenvalue weighted by Gasteiger charge is 2.49. The Morgan fingerprint density at radius 2 is 1.65 bits per heavy atom. The summed E-state index contributed by atoms with van der Waals surface area (Å²) < 4.78 is 0. The Kier molecular flexibility index (Phi) is 2.57. The summed E-state index contributed by atoms with van der Waals surface area (Å²) in [5, 5.41) is 0. The zero-order chi connectivity index (χ0) is 14.6. The third-order valence-electron chi connectivity index (χ3n) is 4.03.